The summed E-state index contributed by atoms with van der Waals surface area (Å²) >= 11 is 0. The molecule has 6 aromatic rings. The van der Waals surface area contributed by atoms with E-state index in [0.29, 0.717) is 11.1 Å². The highest BCUT2D eigenvalue weighted by molar-refractivity contribution is 5.62. The van der Waals surface area contributed by atoms with E-state index in [2.05, 4.69) is 77.4 Å². The smallest absolute Gasteiger partial charge is 0.258 e. The van der Waals surface area contributed by atoms with Gasteiger partial charge in [0.1, 0.15) is 11.4 Å². The van der Waals surface area contributed by atoms with Crippen LogP contribution in [-0.4, -0.2) is 14.1 Å². The molecule has 6 rings (SSSR count). The van der Waals surface area contributed by atoms with Gasteiger partial charge in [0, 0.05) is 17.5 Å². The second-order valence-corrected chi connectivity index (χ2v) is 9.82. The largest absolute Gasteiger partial charge is 0.316 e. The number of aromatic nitrogens is 3. The lowest BCUT2D eigenvalue weighted by atomic mass is 9.76. The Kier molecular flexibility index (Phi) is 6.71. The predicted octanol–water partition coefficient (Wildman–Crippen LogP) is 7.05. The van der Waals surface area contributed by atoms with Crippen molar-refractivity contribution in [2.24, 2.45) is 0 Å². The maximum atomic E-state index is 13.9. The van der Waals surface area contributed by atoms with Gasteiger partial charge < -0.3 is 9.13 Å². The fourth-order valence-electron chi connectivity index (χ4n) is 5.59. The van der Waals surface area contributed by atoms with E-state index in [9.17, 15) is 9.18 Å². The molecule has 4 aromatic carbocycles. The van der Waals surface area contributed by atoms with Crippen molar-refractivity contribution >= 4 is 0 Å². The highest BCUT2D eigenvalue weighted by atomic mass is 19.1. The molecule has 0 saturated carbocycles. The summed E-state index contributed by atoms with van der Waals surface area (Å²) in [5.41, 5.74) is 5.16. The molecular formula is C35H28FN3O. The number of rotatable bonds is 7. The van der Waals surface area contributed by atoms with Gasteiger partial charge in [0.15, 0.2) is 0 Å². The highest BCUT2D eigenvalue weighted by Gasteiger charge is 2.39. The van der Waals surface area contributed by atoms with Gasteiger partial charge in [0.05, 0.1) is 18.6 Å². The van der Waals surface area contributed by atoms with Crippen molar-refractivity contribution in [1.82, 2.24) is 14.1 Å². The lowest BCUT2D eigenvalue weighted by Crippen LogP contribution is -2.38. The second kappa shape index (κ2) is 10.6. The summed E-state index contributed by atoms with van der Waals surface area (Å²) in [6.07, 6.45) is 3.63. The lowest BCUT2D eigenvalue weighted by Gasteiger charge is -2.38. The van der Waals surface area contributed by atoms with Crippen LogP contribution in [0.25, 0.3) is 11.1 Å². The minimum Gasteiger partial charge on any atom is -0.316 e. The fourth-order valence-corrected chi connectivity index (χ4v) is 5.59. The summed E-state index contributed by atoms with van der Waals surface area (Å²) in [6, 6.07) is 40.9. The van der Waals surface area contributed by atoms with Gasteiger partial charge in [-0.2, -0.15) is 0 Å². The van der Waals surface area contributed by atoms with Gasteiger partial charge >= 0.3 is 0 Å². The summed E-state index contributed by atoms with van der Waals surface area (Å²) in [7, 11) is 0. The monoisotopic (exact) mass is 525 g/mol. The Hall–Kier alpha value is -5.03. The summed E-state index contributed by atoms with van der Waals surface area (Å²) in [5, 5.41) is 0. The van der Waals surface area contributed by atoms with Gasteiger partial charge in [-0.1, -0.05) is 103 Å². The highest BCUT2D eigenvalue weighted by Crippen LogP contribution is 2.41. The molecule has 4 nitrogen and oxygen atoms in total. The molecule has 0 saturated heterocycles. The van der Waals surface area contributed by atoms with Crippen LogP contribution in [0.5, 0.6) is 0 Å². The molecule has 0 unspecified atom stereocenters. The number of imidazole rings is 1. The first-order chi connectivity index (χ1) is 19.6. The van der Waals surface area contributed by atoms with Crippen LogP contribution in [0.1, 0.15) is 28.1 Å². The Morgan fingerprint density at radius 1 is 0.725 bits per heavy atom. The lowest BCUT2D eigenvalue weighted by molar-refractivity contribution is 0.502. The Morgan fingerprint density at radius 2 is 1.30 bits per heavy atom. The van der Waals surface area contributed by atoms with Gasteiger partial charge in [-0.3, -0.25) is 4.79 Å². The van der Waals surface area contributed by atoms with Gasteiger partial charge in [-0.25, -0.2) is 9.37 Å². The number of hydrogen-bond acceptors (Lipinski definition) is 2. The molecule has 0 aliphatic rings. The van der Waals surface area contributed by atoms with E-state index >= 15 is 0 Å². The van der Waals surface area contributed by atoms with Crippen molar-refractivity contribution < 1.29 is 4.39 Å². The van der Waals surface area contributed by atoms with Gasteiger partial charge in [-0.15, -0.1) is 0 Å². The first-order valence-electron chi connectivity index (χ1n) is 13.2. The minimum atomic E-state index is -0.687. The maximum absolute atomic E-state index is 13.9. The fraction of sp³-hybridized carbons (Fsp3) is 0.0857. The van der Waals surface area contributed by atoms with E-state index < -0.39 is 5.54 Å². The topological polar surface area (TPSA) is 39.8 Å². The molecule has 0 atom stereocenters. The summed E-state index contributed by atoms with van der Waals surface area (Å²) in [6.45, 7) is 2.34. The SMILES string of the molecule is Cc1c(Cn2cccc(-c3cccc(F)c3)c2=O)ncn1C(c1ccccc1)(c1ccccc1)c1ccccc1. The zero-order valence-electron chi connectivity index (χ0n) is 22.1. The van der Waals surface area contributed by atoms with Crippen LogP contribution in [0.4, 0.5) is 4.39 Å². The third-order valence-corrected chi connectivity index (χ3v) is 7.52. The van der Waals surface area contributed by atoms with Crippen LogP contribution in [-0.2, 0) is 12.1 Å². The first-order valence-corrected chi connectivity index (χ1v) is 13.2. The first kappa shape index (κ1) is 25.3. The minimum absolute atomic E-state index is 0.192. The van der Waals surface area contributed by atoms with E-state index in [1.807, 2.05) is 37.5 Å². The average Bonchev–Trinajstić information content (AvgIpc) is 3.36. The third-order valence-electron chi connectivity index (χ3n) is 7.52. The molecular weight excluding hydrogens is 497 g/mol. The predicted molar refractivity (Wildman–Crippen MR) is 157 cm³/mol. The number of hydrogen-bond donors (Lipinski definition) is 0. The standard InChI is InChI=1S/C35H28FN3O/c1-26-33(24-38-22-12-21-32(34(38)40)27-13-11-20-31(36)23-27)37-25-39(26)35(28-14-5-2-6-15-28,29-16-7-3-8-17-29)30-18-9-4-10-19-30/h2-23,25H,24H2,1H3. The molecule has 0 radical (unpaired) electrons. The zero-order valence-corrected chi connectivity index (χ0v) is 22.1. The molecule has 0 N–H and O–H groups in total. The molecule has 0 fully saturated rings. The second-order valence-electron chi connectivity index (χ2n) is 9.82. The van der Waals surface area contributed by atoms with E-state index in [1.165, 1.54) is 12.1 Å². The van der Waals surface area contributed by atoms with Crippen molar-refractivity contribution in [3.8, 4) is 11.1 Å². The Bertz CT molecular complexity index is 1710. The van der Waals surface area contributed by atoms with Crippen LogP contribution in [0, 0.1) is 12.7 Å². The molecule has 2 heterocycles. The Balaban J connectivity index is 1.52. The van der Waals surface area contributed by atoms with Crippen LogP contribution in [0.3, 0.4) is 0 Å². The summed E-state index contributed by atoms with van der Waals surface area (Å²) in [4.78, 5) is 18.3. The molecule has 0 bridgehead atoms. The number of benzene rings is 4. The summed E-state index contributed by atoms with van der Waals surface area (Å²) in [5.74, 6) is -0.374. The normalized spacial score (nSPS) is 11.4. The van der Waals surface area contributed by atoms with Gasteiger partial charge in [0.25, 0.3) is 5.56 Å². The number of pyridine rings is 1. The maximum Gasteiger partial charge on any atom is 0.258 e. The van der Waals surface area contributed by atoms with Crippen molar-refractivity contribution in [3.05, 3.63) is 184 Å². The molecule has 0 amide bonds. The Labute approximate surface area is 232 Å². The van der Waals surface area contributed by atoms with Crippen LogP contribution >= 0.6 is 0 Å². The molecule has 40 heavy (non-hydrogen) atoms. The third kappa shape index (κ3) is 4.35. The Morgan fingerprint density at radius 3 is 1.85 bits per heavy atom. The van der Waals surface area contributed by atoms with E-state index in [0.717, 1.165) is 28.1 Å². The molecule has 0 aliphatic heterocycles. The van der Waals surface area contributed by atoms with E-state index in [1.54, 1.807) is 29.0 Å². The van der Waals surface area contributed by atoms with E-state index in [4.69, 9.17) is 4.98 Å². The number of nitrogens with zero attached hydrogens (tertiary/aromatic N) is 3. The molecule has 5 heteroatoms. The number of halogens is 1. The van der Waals surface area contributed by atoms with Crippen LogP contribution in [0.2, 0.25) is 0 Å². The molecule has 0 spiro atoms. The quantitative estimate of drug-likeness (QED) is 0.210. The molecule has 2 aromatic heterocycles. The van der Waals surface area contributed by atoms with Gasteiger partial charge in [-0.05, 0) is 53.4 Å². The average molecular weight is 526 g/mol. The molecule has 0 aliphatic carbocycles. The van der Waals surface area contributed by atoms with Crippen LogP contribution in [0.15, 0.2) is 145 Å². The van der Waals surface area contributed by atoms with Crippen LogP contribution < -0.4 is 5.56 Å². The van der Waals surface area contributed by atoms with Gasteiger partial charge in [0.2, 0.25) is 0 Å². The van der Waals surface area contributed by atoms with Crippen molar-refractivity contribution in [2.45, 2.75) is 19.0 Å². The van der Waals surface area contributed by atoms with Crippen molar-refractivity contribution in [1.29, 1.82) is 0 Å². The van der Waals surface area contributed by atoms with Crippen molar-refractivity contribution in [2.75, 3.05) is 0 Å². The molecule has 196 valence electrons. The van der Waals surface area contributed by atoms with E-state index in [-0.39, 0.29) is 17.9 Å². The summed E-state index contributed by atoms with van der Waals surface area (Å²) < 4.78 is 17.7. The zero-order chi connectivity index (χ0) is 27.5. The van der Waals surface area contributed by atoms with Crippen molar-refractivity contribution in [3.63, 3.8) is 0 Å².